The lowest BCUT2D eigenvalue weighted by Crippen LogP contribution is -1.83. The molecule has 3 aromatic rings. The molecule has 0 N–H and O–H groups in total. The molecule has 1 heterocycles. The number of furan rings is 1. The van der Waals surface area contributed by atoms with Crippen LogP contribution in [-0.2, 0) is 6.42 Å². The van der Waals surface area contributed by atoms with Crippen molar-refractivity contribution < 1.29 is 4.42 Å². The molecule has 1 aromatic heterocycles. The molecule has 86 valence electrons. The van der Waals surface area contributed by atoms with Crippen LogP contribution < -0.4 is 0 Å². The minimum absolute atomic E-state index is 0.966. The van der Waals surface area contributed by atoms with Crippen LogP contribution in [0.2, 0.25) is 0 Å². The lowest BCUT2D eigenvalue weighted by molar-refractivity contribution is 0.557. The van der Waals surface area contributed by atoms with Gasteiger partial charge in [0.2, 0.25) is 0 Å². The van der Waals surface area contributed by atoms with Crippen molar-refractivity contribution in [3.05, 3.63) is 71.7 Å². The first-order valence-electron chi connectivity index (χ1n) is 6.17. The molecule has 1 aliphatic carbocycles. The molecule has 0 amide bonds. The van der Waals surface area contributed by atoms with E-state index in [1.54, 1.807) is 0 Å². The van der Waals surface area contributed by atoms with Gasteiger partial charge in [-0.2, -0.15) is 0 Å². The molecule has 0 fully saturated rings. The third-order valence-electron chi connectivity index (χ3n) is 3.57. The average Bonchev–Trinajstić information content (AvgIpc) is 3.02. The molecule has 0 bridgehead atoms. The summed E-state index contributed by atoms with van der Waals surface area (Å²) in [4.78, 5) is 0. The molecule has 1 heteroatoms. The SMILES string of the molecule is C1=C(c2occ3ccccc23)Cc2ccccc21. The van der Waals surface area contributed by atoms with Gasteiger partial charge in [0.15, 0.2) is 0 Å². The highest BCUT2D eigenvalue weighted by Gasteiger charge is 2.17. The van der Waals surface area contributed by atoms with Gasteiger partial charge in [0, 0.05) is 22.8 Å². The Balaban J connectivity index is 1.87. The molecule has 1 nitrogen and oxygen atoms in total. The lowest BCUT2D eigenvalue weighted by Gasteiger charge is -1.98. The van der Waals surface area contributed by atoms with Crippen molar-refractivity contribution in [3.63, 3.8) is 0 Å². The second-order valence-corrected chi connectivity index (χ2v) is 4.70. The first kappa shape index (κ1) is 9.72. The van der Waals surface area contributed by atoms with Gasteiger partial charge in [0.1, 0.15) is 5.76 Å². The molecule has 0 radical (unpaired) electrons. The van der Waals surface area contributed by atoms with Crippen LogP contribution >= 0.6 is 0 Å². The summed E-state index contributed by atoms with van der Waals surface area (Å²) in [6.45, 7) is 0. The predicted molar refractivity (Wildman–Crippen MR) is 74.2 cm³/mol. The zero-order valence-corrected chi connectivity index (χ0v) is 9.89. The van der Waals surface area contributed by atoms with Gasteiger partial charge in [0.25, 0.3) is 0 Å². The highest BCUT2D eigenvalue weighted by molar-refractivity contribution is 5.98. The van der Waals surface area contributed by atoms with Crippen LogP contribution in [-0.4, -0.2) is 0 Å². The Morgan fingerprint density at radius 3 is 2.67 bits per heavy atom. The maximum atomic E-state index is 5.76. The number of hydrogen-bond acceptors (Lipinski definition) is 1. The van der Waals surface area contributed by atoms with Gasteiger partial charge in [-0.3, -0.25) is 0 Å². The minimum atomic E-state index is 0.966. The molecule has 4 rings (SSSR count). The van der Waals surface area contributed by atoms with Gasteiger partial charge in [-0.15, -0.1) is 0 Å². The average molecular weight is 232 g/mol. The van der Waals surface area contributed by atoms with Crippen molar-refractivity contribution in [2.24, 2.45) is 0 Å². The third-order valence-corrected chi connectivity index (χ3v) is 3.57. The van der Waals surface area contributed by atoms with E-state index in [0.717, 1.165) is 12.2 Å². The molecular formula is C17H12O. The van der Waals surface area contributed by atoms with Crippen molar-refractivity contribution in [1.82, 2.24) is 0 Å². The lowest BCUT2D eigenvalue weighted by atomic mass is 10.1. The first-order chi connectivity index (χ1) is 8.92. The van der Waals surface area contributed by atoms with E-state index in [9.17, 15) is 0 Å². The fraction of sp³-hybridized carbons (Fsp3) is 0.0588. The monoisotopic (exact) mass is 232 g/mol. The zero-order valence-electron chi connectivity index (χ0n) is 9.89. The van der Waals surface area contributed by atoms with Gasteiger partial charge in [-0.1, -0.05) is 48.5 Å². The number of benzene rings is 2. The molecule has 2 aromatic carbocycles. The zero-order chi connectivity index (χ0) is 11.9. The van der Waals surface area contributed by atoms with E-state index in [2.05, 4.69) is 48.5 Å². The molecule has 0 spiro atoms. The second-order valence-electron chi connectivity index (χ2n) is 4.70. The Labute approximate surface area is 105 Å². The summed E-state index contributed by atoms with van der Waals surface area (Å²) in [6, 6.07) is 16.8. The number of fused-ring (bicyclic) bond motifs is 2. The van der Waals surface area contributed by atoms with Crippen LogP contribution in [0.5, 0.6) is 0 Å². The van der Waals surface area contributed by atoms with E-state index >= 15 is 0 Å². The fourth-order valence-electron chi connectivity index (χ4n) is 2.67. The highest BCUT2D eigenvalue weighted by Crippen LogP contribution is 2.35. The van der Waals surface area contributed by atoms with Crippen molar-refractivity contribution in [2.45, 2.75) is 6.42 Å². The highest BCUT2D eigenvalue weighted by atomic mass is 16.3. The summed E-state index contributed by atoms with van der Waals surface area (Å²) in [5.41, 5.74) is 3.97. The Morgan fingerprint density at radius 2 is 1.72 bits per heavy atom. The van der Waals surface area contributed by atoms with Gasteiger partial charge < -0.3 is 4.42 Å². The molecule has 0 saturated heterocycles. The van der Waals surface area contributed by atoms with Crippen LogP contribution in [0.3, 0.4) is 0 Å². The number of rotatable bonds is 1. The summed E-state index contributed by atoms with van der Waals surface area (Å²) >= 11 is 0. The van der Waals surface area contributed by atoms with Crippen LogP contribution in [0.1, 0.15) is 16.9 Å². The van der Waals surface area contributed by atoms with Crippen molar-refractivity contribution in [2.75, 3.05) is 0 Å². The molecule has 18 heavy (non-hydrogen) atoms. The number of allylic oxidation sites excluding steroid dienone is 1. The molecule has 1 aliphatic rings. The quantitative estimate of drug-likeness (QED) is 0.600. The van der Waals surface area contributed by atoms with Crippen LogP contribution in [0.25, 0.3) is 22.4 Å². The number of hydrogen-bond donors (Lipinski definition) is 0. The predicted octanol–water partition coefficient (Wildman–Crippen LogP) is 4.53. The Kier molecular flexibility index (Phi) is 1.95. The van der Waals surface area contributed by atoms with E-state index in [0.29, 0.717) is 0 Å². The Morgan fingerprint density at radius 1 is 0.889 bits per heavy atom. The summed E-state index contributed by atoms with van der Waals surface area (Å²) in [5, 5.41) is 2.38. The largest absolute Gasteiger partial charge is 0.463 e. The van der Waals surface area contributed by atoms with Crippen LogP contribution in [0.4, 0.5) is 0 Å². The summed E-state index contributed by atoms with van der Waals surface area (Å²) in [7, 11) is 0. The van der Waals surface area contributed by atoms with Gasteiger partial charge in [-0.05, 0) is 17.2 Å². The van der Waals surface area contributed by atoms with Gasteiger partial charge in [0.05, 0.1) is 6.26 Å². The van der Waals surface area contributed by atoms with Crippen molar-refractivity contribution in [3.8, 4) is 0 Å². The van der Waals surface area contributed by atoms with E-state index < -0.39 is 0 Å². The smallest absolute Gasteiger partial charge is 0.138 e. The summed E-state index contributed by atoms with van der Waals surface area (Å²) in [5.74, 6) is 1.02. The maximum Gasteiger partial charge on any atom is 0.138 e. The molecule has 0 unspecified atom stereocenters. The molecular weight excluding hydrogens is 220 g/mol. The minimum Gasteiger partial charge on any atom is -0.463 e. The van der Waals surface area contributed by atoms with E-state index in [1.165, 1.54) is 27.5 Å². The van der Waals surface area contributed by atoms with Crippen molar-refractivity contribution >= 4 is 22.4 Å². The van der Waals surface area contributed by atoms with Gasteiger partial charge in [-0.25, -0.2) is 0 Å². The maximum absolute atomic E-state index is 5.76. The van der Waals surface area contributed by atoms with Gasteiger partial charge >= 0.3 is 0 Å². The summed E-state index contributed by atoms with van der Waals surface area (Å²) < 4.78 is 5.76. The van der Waals surface area contributed by atoms with E-state index in [-0.39, 0.29) is 0 Å². The van der Waals surface area contributed by atoms with E-state index in [4.69, 9.17) is 4.42 Å². The third kappa shape index (κ3) is 1.34. The molecule has 0 saturated carbocycles. The van der Waals surface area contributed by atoms with E-state index in [1.807, 2.05) is 12.3 Å². The molecule has 0 atom stereocenters. The first-order valence-corrected chi connectivity index (χ1v) is 6.17. The molecule has 0 aliphatic heterocycles. The fourth-order valence-corrected chi connectivity index (χ4v) is 2.67. The second kappa shape index (κ2) is 3.61. The Bertz CT molecular complexity index is 762. The van der Waals surface area contributed by atoms with Crippen LogP contribution in [0, 0.1) is 0 Å². The van der Waals surface area contributed by atoms with Crippen molar-refractivity contribution in [1.29, 1.82) is 0 Å². The topological polar surface area (TPSA) is 13.1 Å². The normalized spacial score (nSPS) is 13.7. The van der Waals surface area contributed by atoms with Crippen LogP contribution in [0.15, 0.2) is 59.2 Å². The standard InChI is InChI=1S/C17H12O/c1-2-6-13-10-15(9-12(13)5-1)17-16-8-4-3-7-14(16)11-18-17/h1-9,11H,10H2. The summed E-state index contributed by atoms with van der Waals surface area (Å²) in [6.07, 6.45) is 5.04. The Hall–Kier alpha value is -2.28.